The van der Waals surface area contributed by atoms with E-state index < -0.39 is 0 Å². The summed E-state index contributed by atoms with van der Waals surface area (Å²) >= 11 is 0. The number of amides is 1. The number of hydrogen-bond donors (Lipinski definition) is 1. The lowest BCUT2D eigenvalue weighted by Crippen LogP contribution is -2.29. The lowest BCUT2D eigenvalue weighted by Gasteiger charge is -2.17. The van der Waals surface area contributed by atoms with E-state index in [1.54, 1.807) is 17.3 Å². The average molecular weight is 325 g/mol. The predicted octanol–water partition coefficient (Wildman–Crippen LogP) is 2.04. The van der Waals surface area contributed by atoms with Crippen molar-refractivity contribution < 1.29 is 4.79 Å². The smallest absolute Gasteiger partial charge is 0.261 e. The zero-order valence-corrected chi connectivity index (χ0v) is 14.2. The summed E-state index contributed by atoms with van der Waals surface area (Å²) in [4.78, 5) is 25.1. The Morgan fingerprint density at radius 2 is 2.00 bits per heavy atom. The van der Waals surface area contributed by atoms with Crippen molar-refractivity contribution in [1.82, 2.24) is 14.9 Å². The molecule has 6 nitrogen and oxygen atoms in total. The summed E-state index contributed by atoms with van der Waals surface area (Å²) in [7, 11) is 4.10. The normalized spacial score (nSPS) is 13.2. The molecule has 0 radical (unpaired) electrons. The Morgan fingerprint density at radius 1 is 1.25 bits per heavy atom. The van der Waals surface area contributed by atoms with Crippen LogP contribution in [-0.4, -0.2) is 54.5 Å². The number of nitrogens with one attached hydrogen (secondary N) is 1. The number of benzene rings is 1. The van der Waals surface area contributed by atoms with Crippen LogP contribution < -0.4 is 10.2 Å². The molecule has 0 spiro atoms. The number of hydrogen-bond acceptors (Lipinski definition) is 5. The van der Waals surface area contributed by atoms with Gasteiger partial charge in [-0.2, -0.15) is 0 Å². The number of nitrogens with zero attached hydrogens (tertiary/aromatic N) is 4. The highest BCUT2D eigenvalue weighted by Crippen LogP contribution is 2.28. The molecule has 2 aromatic rings. The monoisotopic (exact) mass is 325 g/mol. The molecule has 1 amide bonds. The number of fused-ring (bicyclic) bond motifs is 1. The van der Waals surface area contributed by atoms with Gasteiger partial charge in [0.1, 0.15) is 0 Å². The fraction of sp³-hybridized carbons (Fsp3) is 0.389. The van der Waals surface area contributed by atoms with E-state index >= 15 is 0 Å². The second kappa shape index (κ2) is 7.40. The molecule has 1 aromatic heterocycles. The molecule has 1 N–H and O–H groups in total. The van der Waals surface area contributed by atoms with Gasteiger partial charge in [-0.15, -0.1) is 0 Å². The molecule has 6 heteroatoms. The molecule has 0 aliphatic carbocycles. The Bertz CT molecular complexity index is 699. The lowest BCUT2D eigenvalue weighted by molar-refractivity contribution is 0.0988. The van der Waals surface area contributed by atoms with Crippen LogP contribution >= 0.6 is 0 Å². The number of para-hydroxylation sites is 1. The summed E-state index contributed by atoms with van der Waals surface area (Å²) < 4.78 is 0. The molecule has 2 heterocycles. The van der Waals surface area contributed by atoms with E-state index in [2.05, 4.69) is 26.3 Å². The van der Waals surface area contributed by atoms with Crippen molar-refractivity contribution in [3.05, 3.63) is 47.8 Å². The van der Waals surface area contributed by atoms with Gasteiger partial charge in [0.05, 0.1) is 5.56 Å². The van der Waals surface area contributed by atoms with Crippen LogP contribution in [0.1, 0.15) is 22.3 Å². The highest BCUT2D eigenvalue weighted by atomic mass is 16.2. The quantitative estimate of drug-likeness (QED) is 0.824. The minimum absolute atomic E-state index is 0.0425. The summed E-state index contributed by atoms with van der Waals surface area (Å²) in [6.07, 6.45) is 5.12. The van der Waals surface area contributed by atoms with Crippen LogP contribution in [0.3, 0.4) is 0 Å². The number of aromatic nitrogens is 2. The molecule has 0 bridgehead atoms. The van der Waals surface area contributed by atoms with Gasteiger partial charge in [0.2, 0.25) is 5.95 Å². The van der Waals surface area contributed by atoms with Crippen molar-refractivity contribution in [2.75, 3.05) is 43.9 Å². The fourth-order valence-electron chi connectivity index (χ4n) is 2.83. The minimum Gasteiger partial charge on any atom is -0.354 e. The third kappa shape index (κ3) is 3.71. The van der Waals surface area contributed by atoms with Gasteiger partial charge in [-0.25, -0.2) is 9.97 Å². The first kappa shape index (κ1) is 16.4. The largest absolute Gasteiger partial charge is 0.354 e. The van der Waals surface area contributed by atoms with Crippen LogP contribution in [0.15, 0.2) is 36.7 Å². The summed E-state index contributed by atoms with van der Waals surface area (Å²) in [6, 6.07) is 8.02. The van der Waals surface area contributed by atoms with Gasteiger partial charge in [-0.05, 0) is 45.1 Å². The van der Waals surface area contributed by atoms with Crippen molar-refractivity contribution in [1.29, 1.82) is 0 Å². The van der Waals surface area contributed by atoms with Crippen LogP contribution in [0.4, 0.5) is 11.6 Å². The molecule has 24 heavy (non-hydrogen) atoms. The van der Waals surface area contributed by atoms with Crippen molar-refractivity contribution in [3.63, 3.8) is 0 Å². The van der Waals surface area contributed by atoms with E-state index in [9.17, 15) is 4.79 Å². The van der Waals surface area contributed by atoms with Crippen LogP contribution in [0.2, 0.25) is 0 Å². The van der Waals surface area contributed by atoms with Crippen LogP contribution in [0.5, 0.6) is 0 Å². The van der Waals surface area contributed by atoms with Crippen molar-refractivity contribution >= 4 is 17.5 Å². The third-order valence-electron chi connectivity index (χ3n) is 4.10. The average Bonchev–Trinajstić information content (AvgIpc) is 3.02. The molecule has 0 atom stereocenters. The van der Waals surface area contributed by atoms with Crippen LogP contribution in [0, 0.1) is 0 Å². The molecule has 0 fully saturated rings. The highest BCUT2D eigenvalue weighted by Gasteiger charge is 2.25. The van der Waals surface area contributed by atoms with Crippen molar-refractivity contribution in [2.45, 2.75) is 12.8 Å². The summed E-state index contributed by atoms with van der Waals surface area (Å²) in [5, 5.41) is 3.18. The number of carbonyl (C=O) groups excluding carboxylic acids is 1. The third-order valence-corrected chi connectivity index (χ3v) is 4.10. The van der Waals surface area contributed by atoms with Crippen LogP contribution in [-0.2, 0) is 6.42 Å². The van der Waals surface area contributed by atoms with Gasteiger partial charge in [0.15, 0.2) is 0 Å². The zero-order chi connectivity index (χ0) is 16.9. The van der Waals surface area contributed by atoms with Gasteiger partial charge in [0, 0.05) is 31.2 Å². The Balaban J connectivity index is 1.61. The van der Waals surface area contributed by atoms with Crippen molar-refractivity contribution in [2.24, 2.45) is 0 Å². The molecular weight excluding hydrogens is 302 g/mol. The van der Waals surface area contributed by atoms with E-state index in [-0.39, 0.29) is 5.91 Å². The van der Waals surface area contributed by atoms with Gasteiger partial charge >= 0.3 is 0 Å². The summed E-state index contributed by atoms with van der Waals surface area (Å²) in [5.41, 5.74) is 2.73. The molecule has 1 aliphatic heterocycles. The molecule has 0 saturated heterocycles. The van der Waals surface area contributed by atoms with E-state index in [4.69, 9.17) is 0 Å². The molecule has 1 aromatic carbocycles. The van der Waals surface area contributed by atoms with E-state index in [1.807, 2.05) is 32.3 Å². The first-order valence-electron chi connectivity index (χ1n) is 8.25. The maximum Gasteiger partial charge on any atom is 0.261 e. The van der Waals surface area contributed by atoms with Gasteiger partial charge in [-0.3, -0.25) is 4.79 Å². The molecule has 0 unspecified atom stereocenters. The Morgan fingerprint density at radius 3 is 2.75 bits per heavy atom. The van der Waals surface area contributed by atoms with E-state index in [1.165, 1.54) is 5.56 Å². The Labute approximate surface area is 142 Å². The first-order valence-corrected chi connectivity index (χ1v) is 8.25. The standard InChI is InChI=1S/C18H23N5O/c1-22(2)10-5-9-19-18-20-12-15(13-21-18)17(24)23-11-8-14-6-3-4-7-16(14)23/h3-4,6-7,12-13H,5,8-11H2,1-2H3,(H,19,20,21). The van der Waals surface area contributed by atoms with Crippen molar-refractivity contribution in [3.8, 4) is 0 Å². The van der Waals surface area contributed by atoms with Gasteiger partial charge in [0.25, 0.3) is 5.91 Å². The number of rotatable bonds is 6. The second-order valence-electron chi connectivity index (χ2n) is 6.21. The fourth-order valence-corrected chi connectivity index (χ4v) is 2.83. The second-order valence-corrected chi connectivity index (χ2v) is 6.21. The maximum atomic E-state index is 12.7. The maximum absolute atomic E-state index is 12.7. The summed E-state index contributed by atoms with van der Waals surface area (Å²) in [6.45, 7) is 2.53. The molecular formula is C18H23N5O. The topological polar surface area (TPSA) is 61.4 Å². The van der Waals surface area contributed by atoms with Crippen LogP contribution in [0.25, 0.3) is 0 Å². The molecule has 1 aliphatic rings. The molecule has 126 valence electrons. The van der Waals surface area contributed by atoms with Gasteiger partial charge in [-0.1, -0.05) is 18.2 Å². The Hall–Kier alpha value is -2.47. The Kier molecular flexibility index (Phi) is 5.05. The zero-order valence-electron chi connectivity index (χ0n) is 14.2. The molecule has 0 saturated carbocycles. The lowest BCUT2D eigenvalue weighted by atomic mass is 10.2. The number of anilines is 2. The number of carbonyl (C=O) groups is 1. The van der Waals surface area contributed by atoms with E-state index in [0.717, 1.165) is 31.6 Å². The van der Waals surface area contributed by atoms with E-state index in [0.29, 0.717) is 18.1 Å². The molecule has 3 rings (SSSR count). The highest BCUT2D eigenvalue weighted by molar-refractivity contribution is 6.06. The minimum atomic E-state index is -0.0425. The van der Waals surface area contributed by atoms with Gasteiger partial charge < -0.3 is 15.1 Å². The summed E-state index contributed by atoms with van der Waals surface area (Å²) in [5.74, 6) is 0.520. The SMILES string of the molecule is CN(C)CCCNc1ncc(C(=O)N2CCc3ccccc32)cn1. The first-order chi connectivity index (χ1) is 11.6. The predicted molar refractivity (Wildman–Crippen MR) is 95.5 cm³/mol.